The van der Waals surface area contributed by atoms with Crippen LogP contribution in [-0.4, -0.2) is 21.7 Å². The van der Waals surface area contributed by atoms with Crippen molar-refractivity contribution in [3.8, 4) is 0 Å². The maximum absolute atomic E-state index is 10.6. The Labute approximate surface area is 88.9 Å². The van der Waals surface area contributed by atoms with Gasteiger partial charge >= 0.3 is 5.97 Å². The second kappa shape index (κ2) is 4.40. The maximum atomic E-state index is 10.6. The van der Waals surface area contributed by atoms with E-state index in [0.717, 1.165) is 5.69 Å². The lowest BCUT2D eigenvalue weighted by Gasteiger charge is -2.18. The van der Waals surface area contributed by atoms with E-state index in [1.54, 1.807) is 6.07 Å². The highest BCUT2D eigenvalue weighted by molar-refractivity contribution is 5.87. The van der Waals surface area contributed by atoms with Gasteiger partial charge in [0.05, 0.1) is 23.5 Å². The van der Waals surface area contributed by atoms with Crippen LogP contribution < -0.4 is 0 Å². The third kappa shape index (κ3) is 4.08. The van der Waals surface area contributed by atoms with Gasteiger partial charge in [0.25, 0.3) is 0 Å². The first-order valence-electron chi connectivity index (χ1n) is 4.71. The molecule has 0 fully saturated rings. The van der Waals surface area contributed by atoms with Gasteiger partial charge in [-0.1, -0.05) is 0 Å². The molecule has 0 saturated heterocycles. The first kappa shape index (κ1) is 11.7. The van der Waals surface area contributed by atoms with E-state index in [4.69, 9.17) is 9.84 Å². The lowest BCUT2D eigenvalue weighted by atomic mass is 10.2. The molecule has 0 radical (unpaired) electrons. The molecule has 0 saturated carbocycles. The molecule has 15 heavy (non-hydrogen) atoms. The average molecular weight is 209 g/mol. The van der Waals surface area contributed by atoms with Crippen molar-refractivity contribution in [2.24, 2.45) is 0 Å². The van der Waals surface area contributed by atoms with Gasteiger partial charge in [0.2, 0.25) is 0 Å². The quantitative estimate of drug-likeness (QED) is 0.828. The third-order valence-corrected chi connectivity index (χ3v) is 1.72. The first-order valence-corrected chi connectivity index (χ1v) is 4.71. The molecule has 4 heteroatoms. The van der Waals surface area contributed by atoms with Crippen molar-refractivity contribution in [3.05, 3.63) is 29.6 Å². The summed E-state index contributed by atoms with van der Waals surface area (Å²) in [7, 11) is 0. The van der Waals surface area contributed by atoms with E-state index in [9.17, 15) is 4.79 Å². The van der Waals surface area contributed by atoms with Crippen molar-refractivity contribution in [1.82, 2.24) is 4.98 Å². The molecule has 1 rings (SSSR count). The van der Waals surface area contributed by atoms with E-state index >= 15 is 0 Å². The summed E-state index contributed by atoms with van der Waals surface area (Å²) in [5.41, 5.74) is 0.706. The van der Waals surface area contributed by atoms with Gasteiger partial charge in [-0.15, -0.1) is 0 Å². The molecule has 0 aliphatic carbocycles. The van der Waals surface area contributed by atoms with Crippen LogP contribution >= 0.6 is 0 Å². The number of rotatable bonds is 3. The second-order valence-electron chi connectivity index (χ2n) is 4.24. The summed E-state index contributed by atoms with van der Waals surface area (Å²) in [5, 5.41) is 8.66. The zero-order valence-electron chi connectivity index (χ0n) is 9.15. The SMILES string of the molecule is CC(C)(C)OCc1ccc(C(=O)O)cn1. The van der Waals surface area contributed by atoms with E-state index in [2.05, 4.69) is 4.98 Å². The minimum Gasteiger partial charge on any atom is -0.478 e. The van der Waals surface area contributed by atoms with Crippen LogP contribution in [0.1, 0.15) is 36.8 Å². The Morgan fingerprint density at radius 3 is 2.53 bits per heavy atom. The van der Waals surface area contributed by atoms with Crippen molar-refractivity contribution < 1.29 is 14.6 Å². The molecule has 1 N–H and O–H groups in total. The fraction of sp³-hybridized carbons (Fsp3) is 0.455. The Hall–Kier alpha value is -1.42. The van der Waals surface area contributed by atoms with Gasteiger partial charge in [-0.05, 0) is 32.9 Å². The molecule has 0 amide bonds. The fourth-order valence-electron chi connectivity index (χ4n) is 0.927. The molecule has 0 atom stereocenters. The van der Waals surface area contributed by atoms with E-state index in [-0.39, 0.29) is 11.2 Å². The van der Waals surface area contributed by atoms with Gasteiger partial charge in [-0.3, -0.25) is 4.98 Å². The molecule has 1 aromatic rings. The standard InChI is InChI=1S/C11H15NO3/c1-11(2,3)15-7-9-5-4-8(6-12-9)10(13)14/h4-6H,7H2,1-3H3,(H,13,14). The highest BCUT2D eigenvalue weighted by Crippen LogP contribution is 2.10. The van der Waals surface area contributed by atoms with E-state index in [1.165, 1.54) is 12.3 Å². The van der Waals surface area contributed by atoms with Crippen LogP contribution in [0.25, 0.3) is 0 Å². The van der Waals surface area contributed by atoms with Crippen LogP contribution in [-0.2, 0) is 11.3 Å². The summed E-state index contributed by atoms with van der Waals surface area (Å²) in [6.07, 6.45) is 1.34. The largest absolute Gasteiger partial charge is 0.478 e. The van der Waals surface area contributed by atoms with Crippen LogP contribution in [0.2, 0.25) is 0 Å². The molecule has 0 aliphatic rings. The summed E-state index contributed by atoms with van der Waals surface area (Å²) in [5.74, 6) is -0.967. The average Bonchev–Trinajstić information content (AvgIpc) is 2.14. The minimum atomic E-state index is -0.967. The summed E-state index contributed by atoms with van der Waals surface area (Å²) >= 11 is 0. The Kier molecular flexibility index (Phi) is 3.42. The number of hydrogen-bond donors (Lipinski definition) is 1. The Bertz CT molecular complexity index is 338. The number of carbonyl (C=O) groups is 1. The second-order valence-corrected chi connectivity index (χ2v) is 4.24. The number of carboxylic acid groups (broad SMARTS) is 1. The molecule has 0 aromatic carbocycles. The monoisotopic (exact) mass is 209 g/mol. The van der Waals surface area contributed by atoms with Gasteiger partial charge in [-0.25, -0.2) is 4.79 Å². The molecule has 0 bridgehead atoms. The van der Waals surface area contributed by atoms with Crippen LogP contribution in [0.4, 0.5) is 0 Å². The molecule has 0 unspecified atom stereocenters. The summed E-state index contributed by atoms with van der Waals surface area (Å²) < 4.78 is 5.51. The summed E-state index contributed by atoms with van der Waals surface area (Å²) in [6.45, 7) is 6.26. The van der Waals surface area contributed by atoms with Gasteiger partial charge in [0.15, 0.2) is 0 Å². The number of carboxylic acids is 1. The normalized spacial score (nSPS) is 11.4. The fourth-order valence-corrected chi connectivity index (χ4v) is 0.927. The zero-order chi connectivity index (χ0) is 11.5. The number of pyridine rings is 1. The topological polar surface area (TPSA) is 59.4 Å². The van der Waals surface area contributed by atoms with E-state index in [0.29, 0.717) is 6.61 Å². The molecule has 82 valence electrons. The number of hydrogen-bond acceptors (Lipinski definition) is 3. The molecular formula is C11H15NO3. The lowest BCUT2D eigenvalue weighted by molar-refractivity contribution is -0.0165. The van der Waals surface area contributed by atoms with Gasteiger partial charge in [0, 0.05) is 6.20 Å². The highest BCUT2D eigenvalue weighted by Gasteiger charge is 2.10. The lowest BCUT2D eigenvalue weighted by Crippen LogP contribution is -2.19. The van der Waals surface area contributed by atoms with E-state index in [1.807, 2.05) is 20.8 Å². The summed E-state index contributed by atoms with van der Waals surface area (Å²) in [6, 6.07) is 3.19. The first-order chi connectivity index (χ1) is 6.88. The Balaban J connectivity index is 2.61. The third-order valence-electron chi connectivity index (χ3n) is 1.72. The van der Waals surface area contributed by atoms with Gasteiger partial charge in [-0.2, -0.15) is 0 Å². The maximum Gasteiger partial charge on any atom is 0.337 e. The molecule has 1 heterocycles. The zero-order valence-corrected chi connectivity index (χ0v) is 9.15. The molecule has 0 aliphatic heterocycles. The molecule has 4 nitrogen and oxygen atoms in total. The Morgan fingerprint density at radius 1 is 1.47 bits per heavy atom. The molecule has 0 spiro atoms. The van der Waals surface area contributed by atoms with Crippen molar-refractivity contribution >= 4 is 5.97 Å². The van der Waals surface area contributed by atoms with Crippen LogP contribution in [0, 0.1) is 0 Å². The van der Waals surface area contributed by atoms with Crippen molar-refractivity contribution in [2.45, 2.75) is 33.0 Å². The number of ether oxygens (including phenoxy) is 1. The van der Waals surface area contributed by atoms with Crippen LogP contribution in [0.5, 0.6) is 0 Å². The smallest absolute Gasteiger partial charge is 0.337 e. The van der Waals surface area contributed by atoms with Gasteiger partial charge in [0.1, 0.15) is 0 Å². The van der Waals surface area contributed by atoms with Crippen molar-refractivity contribution in [3.63, 3.8) is 0 Å². The Morgan fingerprint density at radius 2 is 2.13 bits per heavy atom. The minimum absolute atomic E-state index is 0.189. The summed E-state index contributed by atoms with van der Waals surface area (Å²) in [4.78, 5) is 14.6. The predicted molar refractivity (Wildman–Crippen MR) is 55.7 cm³/mol. The predicted octanol–water partition coefficient (Wildman–Crippen LogP) is 2.09. The molecule has 1 aromatic heterocycles. The number of aromatic carboxylic acids is 1. The van der Waals surface area contributed by atoms with Crippen molar-refractivity contribution in [2.75, 3.05) is 0 Å². The van der Waals surface area contributed by atoms with Crippen LogP contribution in [0.3, 0.4) is 0 Å². The van der Waals surface area contributed by atoms with Crippen molar-refractivity contribution in [1.29, 1.82) is 0 Å². The highest BCUT2D eigenvalue weighted by atomic mass is 16.5. The number of aromatic nitrogens is 1. The molecular weight excluding hydrogens is 194 g/mol. The van der Waals surface area contributed by atoms with Crippen LogP contribution in [0.15, 0.2) is 18.3 Å². The van der Waals surface area contributed by atoms with E-state index < -0.39 is 5.97 Å². The number of nitrogens with zero attached hydrogens (tertiary/aromatic N) is 1. The van der Waals surface area contributed by atoms with Gasteiger partial charge < -0.3 is 9.84 Å².